The van der Waals surface area contributed by atoms with Crippen LogP contribution in [0.4, 0.5) is 0 Å². The van der Waals surface area contributed by atoms with E-state index in [-0.39, 0.29) is 0 Å². The van der Waals surface area contributed by atoms with Gasteiger partial charge in [-0.05, 0) is 148 Å². The summed E-state index contributed by atoms with van der Waals surface area (Å²) in [6.07, 6.45) is 13.2. The zero-order valence-corrected chi connectivity index (χ0v) is 31.3. The molecule has 11 aromatic rings. The topological polar surface area (TPSA) is 23.0 Å². The predicted molar refractivity (Wildman–Crippen MR) is 240 cm³/mol. The molecule has 2 aliphatic rings. The third-order valence-corrected chi connectivity index (χ3v) is 12.8. The molecule has 3 heteroatoms. The SMILES string of the molecule is C1=Cc2oc3ccc(-c4ccc5c6ccccc6c6ccc(-n7c8ccccc8c8cc(-n9c%10c(c%11ccccc%119)CCC=C%10)ccc87)cc6c5c4)cc3c2CC1. The van der Waals surface area contributed by atoms with Crippen LogP contribution in [-0.4, -0.2) is 9.13 Å². The van der Waals surface area contributed by atoms with E-state index in [9.17, 15) is 0 Å². The molecule has 0 saturated carbocycles. The Kier molecular flexibility index (Phi) is 6.40. The van der Waals surface area contributed by atoms with E-state index in [0.717, 1.165) is 42.7 Å². The first kappa shape index (κ1) is 31.1. The number of aryl methyl sites for hydroxylation is 2. The lowest BCUT2D eigenvalue weighted by Crippen LogP contribution is -2.00. The number of allylic oxidation sites excluding steroid dienone is 2. The third kappa shape index (κ3) is 4.43. The van der Waals surface area contributed by atoms with Crippen molar-refractivity contribution in [2.45, 2.75) is 25.7 Å². The summed E-state index contributed by atoms with van der Waals surface area (Å²) in [6.45, 7) is 0. The molecule has 0 saturated heterocycles. The van der Waals surface area contributed by atoms with Crippen LogP contribution in [0, 0.1) is 0 Å². The molecule has 0 bridgehead atoms. The molecular formula is C54H36N2O. The molecule has 0 N–H and O–H groups in total. The summed E-state index contributed by atoms with van der Waals surface area (Å²) < 4.78 is 11.2. The van der Waals surface area contributed by atoms with E-state index in [1.807, 2.05) is 0 Å². The molecule has 57 heavy (non-hydrogen) atoms. The Balaban J connectivity index is 1.04. The normalized spacial score (nSPS) is 13.9. The van der Waals surface area contributed by atoms with E-state index in [1.54, 1.807) is 0 Å². The summed E-state index contributed by atoms with van der Waals surface area (Å²) in [5.74, 6) is 1.01. The second-order valence-corrected chi connectivity index (χ2v) is 15.8. The number of rotatable bonds is 3. The van der Waals surface area contributed by atoms with E-state index in [4.69, 9.17) is 4.42 Å². The predicted octanol–water partition coefficient (Wildman–Crippen LogP) is 14.5. The van der Waals surface area contributed by atoms with E-state index in [0.29, 0.717) is 0 Å². The number of nitrogens with zero attached hydrogens (tertiary/aromatic N) is 2. The lowest BCUT2D eigenvalue weighted by Gasteiger charge is -2.15. The van der Waals surface area contributed by atoms with Gasteiger partial charge in [0.05, 0.1) is 16.6 Å². The Morgan fingerprint density at radius 2 is 0.947 bits per heavy atom. The van der Waals surface area contributed by atoms with Crippen LogP contribution in [0.2, 0.25) is 0 Å². The summed E-state index contributed by atoms with van der Waals surface area (Å²) >= 11 is 0. The minimum absolute atomic E-state index is 0.966. The molecule has 0 unspecified atom stereocenters. The van der Waals surface area contributed by atoms with Gasteiger partial charge in [0.1, 0.15) is 11.3 Å². The Morgan fingerprint density at radius 1 is 0.386 bits per heavy atom. The zero-order chi connectivity index (χ0) is 37.2. The Morgan fingerprint density at radius 3 is 1.77 bits per heavy atom. The first-order valence-corrected chi connectivity index (χ1v) is 20.2. The van der Waals surface area contributed by atoms with Gasteiger partial charge in [0.2, 0.25) is 0 Å². The van der Waals surface area contributed by atoms with E-state index >= 15 is 0 Å². The van der Waals surface area contributed by atoms with E-state index in [2.05, 4.69) is 179 Å². The molecule has 3 nitrogen and oxygen atoms in total. The van der Waals surface area contributed by atoms with E-state index in [1.165, 1.54) is 104 Å². The molecule has 0 radical (unpaired) electrons. The van der Waals surface area contributed by atoms with E-state index < -0.39 is 0 Å². The number of para-hydroxylation sites is 2. The third-order valence-electron chi connectivity index (χ3n) is 12.8. The molecule has 0 aliphatic heterocycles. The van der Waals surface area contributed by atoms with Crippen molar-refractivity contribution in [1.29, 1.82) is 0 Å². The summed E-state index contributed by atoms with van der Waals surface area (Å²) in [7, 11) is 0. The number of hydrogen-bond acceptors (Lipinski definition) is 1. The second kappa shape index (κ2) is 11.7. The standard InChI is InChI=1S/C54H36N2O/c1-2-12-38-37(11-1)39-25-21-33(34-22-28-54-48(30-34)44-16-6-10-20-53(44)57-54)29-45(39)46-31-35(23-26-40(38)46)56-51-19-9-5-15-43(51)47-32-36(24-27-52(47)56)55-49-17-7-3-13-41(49)42-14-4-8-18-50(42)55/h1-3,5,7-13,15,17-32H,4,6,14,16H2. The van der Waals surface area contributed by atoms with Crippen LogP contribution in [0.1, 0.15) is 35.4 Å². The largest absolute Gasteiger partial charge is 0.456 e. The first-order chi connectivity index (χ1) is 28.3. The van der Waals surface area contributed by atoms with Gasteiger partial charge >= 0.3 is 0 Å². The lowest BCUT2D eigenvalue weighted by atomic mass is 9.91. The Labute approximate surface area is 329 Å². The average molecular weight is 729 g/mol. The van der Waals surface area contributed by atoms with Crippen molar-refractivity contribution in [3.8, 4) is 22.5 Å². The molecule has 3 aromatic heterocycles. The van der Waals surface area contributed by atoms with Crippen LogP contribution in [0.5, 0.6) is 0 Å². The van der Waals surface area contributed by atoms with Crippen LogP contribution in [0.3, 0.4) is 0 Å². The fourth-order valence-electron chi connectivity index (χ4n) is 10.3. The Hall–Kier alpha value is -7.10. The van der Waals surface area contributed by atoms with Gasteiger partial charge in [0, 0.05) is 44.2 Å². The maximum absolute atomic E-state index is 6.24. The van der Waals surface area contributed by atoms with Gasteiger partial charge in [-0.3, -0.25) is 0 Å². The number of aromatic nitrogens is 2. The van der Waals surface area contributed by atoms with Crippen molar-refractivity contribution < 1.29 is 4.42 Å². The molecule has 0 atom stereocenters. The molecule has 13 rings (SSSR count). The van der Waals surface area contributed by atoms with Gasteiger partial charge in [0.25, 0.3) is 0 Å². The summed E-state index contributed by atoms with van der Waals surface area (Å²) in [6, 6.07) is 54.5. The van der Waals surface area contributed by atoms with Gasteiger partial charge in [-0.15, -0.1) is 0 Å². The van der Waals surface area contributed by atoms with Crippen molar-refractivity contribution in [2.24, 2.45) is 0 Å². The molecular weight excluding hydrogens is 693 g/mol. The van der Waals surface area contributed by atoms with Crippen LogP contribution < -0.4 is 0 Å². The number of hydrogen-bond donors (Lipinski definition) is 0. The number of furan rings is 1. The maximum atomic E-state index is 6.24. The first-order valence-electron chi connectivity index (χ1n) is 20.2. The van der Waals surface area contributed by atoms with Gasteiger partial charge in [0.15, 0.2) is 0 Å². The van der Waals surface area contributed by atoms with Gasteiger partial charge < -0.3 is 13.6 Å². The molecule has 268 valence electrons. The Bertz CT molecular complexity index is 3580. The highest BCUT2D eigenvalue weighted by Crippen LogP contribution is 2.42. The number of fused-ring (bicyclic) bond motifs is 15. The van der Waals surface area contributed by atoms with Crippen molar-refractivity contribution in [2.75, 3.05) is 0 Å². The van der Waals surface area contributed by atoms with Gasteiger partial charge in [-0.2, -0.15) is 0 Å². The highest BCUT2D eigenvalue weighted by Gasteiger charge is 2.21. The highest BCUT2D eigenvalue weighted by atomic mass is 16.3. The zero-order valence-electron chi connectivity index (χ0n) is 31.3. The average Bonchev–Trinajstić information content (AvgIpc) is 3.93. The van der Waals surface area contributed by atoms with Gasteiger partial charge in [-0.25, -0.2) is 0 Å². The lowest BCUT2D eigenvalue weighted by molar-refractivity contribution is 0.595. The highest BCUT2D eigenvalue weighted by molar-refractivity contribution is 6.26. The molecule has 0 amide bonds. The molecule has 0 fully saturated rings. The van der Waals surface area contributed by atoms with Gasteiger partial charge in [-0.1, -0.05) is 97.1 Å². The molecule has 3 heterocycles. The minimum Gasteiger partial charge on any atom is -0.456 e. The fourth-order valence-corrected chi connectivity index (χ4v) is 10.3. The second-order valence-electron chi connectivity index (χ2n) is 15.8. The fraction of sp³-hybridized carbons (Fsp3) is 0.0741. The van der Waals surface area contributed by atoms with Crippen molar-refractivity contribution >= 4 is 88.1 Å². The molecule has 2 aliphatic carbocycles. The van der Waals surface area contributed by atoms with Crippen LogP contribution in [0.25, 0.3) is 111 Å². The van der Waals surface area contributed by atoms with Crippen LogP contribution in [0.15, 0.2) is 162 Å². The van der Waals surface area contributed by atoms with Crippen LogP contribution in [-0.2, 0) is 12.8 Å². The van der Waals surface area contributed by atoms with Crippen molar-refractivity contribution in [3.05, 3.63) is 180 Å². The summed E-state index contributed by atoms with van der Waals surface area (Å²) in [5, 5.41) is 12.7. The summed E-state index contributed by atoms with van der Waals surface area (Å²) in [4.78, 5) is 0. The number of benzene rings is 8. The van der Waals surface area contributed by atoms with Crippen molar-refractivity contribution in [3.63, 3.8) is 0 Å². The smallest absolute Gasteiger partial charge is 0.135 e. The monoisotopic (exact) mass is 728 g/mol. The van der Waals surface area contributed by atoms with Crippen LogP contribution >= 0.6 is 0 Å². The van der Waals surface area contributed by atoms with Crippen molar-refractivity contribution in [1.82, 2.24) is 9.13 Å². The molecule has 0 spiro atoms. The maximum Gasteiger partial charge on any atom is 0.135 e. The summed E-state index contributed by atoms with van der Waals surface area (Å²) in [5.41, 5.74) is 13.5. The molecule has 8 aromatic carbocycles. The quantitative estimate of drug-likeness (QED) is 0.166. The minimum atomic E-state index is 0.966.